The first-order valence-electron chi connectivity index (χ1n) is 8.73. The van der Waals surface area contributed by atoms with Gasteiger partial charge in [0.1, 0.15) is 5.75 Å². The number of likely N-dealkylation sites (tertiary alicyclic amines) is 1. The summed E-state index contributed by atoms with van der Waals surface area (Å²) in [5, 5.41) is 3.43. The minimum Gasteiger partial charge on any atom is -0.495 e. The minimum absolute atomic E-state index is 0.0673. The summed E-state index contributed by atoms with van der Waals surface area (Å²) in [7, 11) is 1.56. The number of benzene rings is 2. The number of nitrogens with one attached hydrogen (secondary N) is 1. The van der Waals surface area contributed by atoms with Crippen molar-refractivity contribution in [3.05, 3.63) is 59.1 Å². The van der Waals surface area contributed by atoms with Gasteiger partial charge in [-0.1, -0.05) is 41.9 Å². The van der Waals surface area contributed by atoms with Crippen LogP contribution in [0.15, 0.2) is 48.5 Å². The normalized spacial score (nSPS) is 20.1. The number of nitrogens with zero attached hydrogens (tertiary/aromatic N) is 1. The number of ether oxygens (including phenoxy) is 1. The third-order valence-electron chi connectivity index (χ3n) is 4.76. The molecule has 2 aromatic rings. The van der Waals surface area contributed by atoms with E-state index in [2.05, 4.69) is 22.3 Å². The smallest absolute Gasteiger partial charge is 0.225 e. The second-order valence-corrected chi connectivity index (χ2v) is 7.02. The third-order valence-corrected chi connectivity index (χ3v) is 4.99. The SMILES string of the molecule is COc1ccc(Cl)cc1NC(=O)CCN1C[C@@H](N)[C@H](c2ccccc2)C1. The molecule has 2 aromatic carbocycles. The second-order valence-electron chi connectivity index (χ2n) is 6.58. The van der Waals surface area contributed by atoms with E-state index in [1.165, 1.54) is 5.56 Å². The molecule has 0 aliphatic carbocycles. The van der Waals surface area contributed by atoms with Crippen LogP contribution in [0.3, 0.4) is 0 Å². The van der Waals surface area contributed by atoms with Crippen LogP contribution in [0.4, 0.5) is 5.69 Å². The monoisotopic (exact) mass is 373 g/mol. The molecule has 1 aliphatic rings. The number of methoxy groups -OCH3 is 1. The largest absolute Gasteiger partial charge is 0.495 e. The zero-order valence-corrected chi connectivity index (χ0v) is 15.6. The summed E-state index contributed by atoms with van der Waals surface area (Å²) in [4.78, 5) is 14.6. The molecule has 3 N–H and O–H groups in total. The molecule has 5 nitrogen and oxygen atoms in total. The Balaban J connectivity index is 1.53. The quantitative estimate of drug-likeness (QED) is 0.816. The molecule has 6 heteroatoms. The Morgan fingerprint density at radius 3 is 2.77 bits per heavy atom. The van der Waals surface area contributed by atoms with Crippen LogP contribution in [0, 0.1) is 0 Å². The van der Waals surface area contributed by atoms with Gasteiger partial charge < -0.3 is 20.7 Å². The van der Waals surface area contributed by atoms with Gasteiger partial charge in [-0.2, -0.15) is 0 Å². The van der Waals surface area contributed by atoms with Gasteiger partial charge in [0, 0.05) is 43.0 Å². The molecule has 138 valence electrons. The third kappa shape index (κ3) is 4.55. The van der Waals surface area contributed by atoms with Crippen LogP contribution in [0.25, 0.3) is 0 Å². The highest BCUT2D eigenvalue weighted by molar-refractivity contribution is 6.31. The molecule has 1 amide bonds. The zero-order valence-electron chi connectivity index (χ0n) is 14.8. The van der Waals surface area contributed by atoms with E-state index in [0.29, 0.717) is 35.3 Å². The van der Waals surface area contributed by atoms with E-state index in [1.807, 2.05) is 18.2 Å². The molecule has 0 aromatic heterocycles. The van der Waals surface area contributed by atoms with E-state index in [1.54, 1.807) is 25.3 Å². The molecule has 1 saturated heterocycles. The highest BCUT2D eigenvalue weighted by Crippen LogP contribution is 2.28. The van der Waals surface area contributed by atoms with E-state index < -0.39 is 0 Å². The lowest BCUT2D eigenvalue weighted by Gasteiger charge is -2.16. The Hall–Kier alpha value is -2.08. The van der Waals surface area contributed by atoms with Crippen LogP contribution >= 0.6 is 11.6 Å². The van der Waals surface area contributed by atoms with Crippen LogP contribution in [-0.4, -0.2) is 43.6 Å². The standard InChI is InChI=1S/C20H24ClN3O2/c1-26-19-8-7-15(21)11-18(19)23-20(25)9-10-24-12-16(17(22)13-24)14-5-3-2-4-6-14/h2-8,11,16-17H,9-10,12-13,22H2,1H3,(H,23,25)/t16-,17+/m0/s1. The first-order valence-corrected chi connectivity index (χ1v) is 9.11. The van der Waals surface area contributed by atoms with Crippen molar-refractivity contribution >= 4 is 23.2 Å². The molecule has 0 radical (unpaired) electrons. The average Bonchev–Trinajstić information content (AvgIpc) is 3.02. The zero-order chi connectivity index (χ0) is 18.5. The van der Waals surface area contributed by atoms with Crippen molar-refractivity contribution in [2.24, 2.45) is 5.73 Å². The van der Waals surface area contributed by atoms with Gasteiger partial charge in [-0.3, -0.25) is 4.79 Å². The number of carbonyl (C=O) groups is 1. The van der Waals surface area contributed by atoms with Gasteiger partial charge in [-0.25, -0.2) is 0 Å². The Kier molecular flexibility index (Phi) is 6.14. The number of rotatable bonds is 6. The maximum atomic E-state index is 12.3. The Labute approximate surface area is 159 Å². The second kappa shape index (κ2) is 8.54. The van der Waals surface area contributed by atoms with E-state index in [4.69, 9.17) is 22.1 Å². The van der Waals surface area contributed by atoms with Gasteiger partial charge in [0.2, 0.25) is 5.91 Å². The van der Waals surface area contributed by atoms with Gasteiger partial charge in [0.15, 0.2) is 0 Å². The van der Waals surface area contributed by atoms with Gasteiger partial charge in [-0.15, -0.1) is 0 Å². The first-order chi connectivity index (χ1) is 12.6. The molecule has 0 saturated carbocycles. The predicted octanol–water partition coefficient (Wildman–Crippen LogP) is 3.10. The number of amides is 1. The van der Waals surface area contributed by atoms with Crippen LogP contribution in [0.5, 0.6) is 5.75 Å². The molecular weight excluding hydrogens is 350 g/mol. The summed E-state index contributed by atoms with van der Waals surface area (Å²) in [5.41, 5.74) is 8.16. The highest BCUT2D eigenvalue weighted by Gasteiger charge is 2.31. The van der Waals surface area contributed by atoms with Gasteiger partial charge in [0.25, 0.3) is 0 Å². The number of halogens is 1. The van der Waals surface area contributed by atoms with Gasteiger partial charge in [-0.05, 0) is 23.8 Å². The molecule has 0 unspecified atom stereocenters. The van der Waals surface area contributed by atoms with E-state index in [-0.39, 0.29) is 11.9 Å². The molecule has 2 atom stereocenters. The Bertz CT molecular complexity index is 754. The molecular formula is C20H24ClN3O2. The molecule has 1 heterocycles. The summed E-state index contributed by atoms with van der Waals surface area (Å²) in [5.74, 6) is 0.838. The Morgan fingerprint density at radius 1 is 1.27 bits per heavy atom. The highest BCUT2D eigenvalue weighted by atomic mass is 35.5. The lowest BCUT2D eigenvalue weighted by atomic mass is 9.95. The van der Waals surface area contributed by atoms with Crippen LogP contribution < -0.4 is 15.8 Å². The number of carbonyl (C=O) groups excluding carboxylic acids is 1. The van der Waals surface area contributed by atoms with Crippen LogP contribution in [0.1, 0.15) is 17.9 Å². The summed E-state index contributed by atoms with van der Waals surface area (Å²) in [6.45, 7) is 2.35. The number of hydrogen-bond acceptors (Lipinski definition) is 4. The van der Waals surface area contributed by atoms with Crippen molar-refractivity contribution in [3.8, 4) is 5.75 Å². The van der Waals surface area contributed by atoms with Crippen molar-refractivity contribution in [2.75, 3.05) is 32.1 Å². The van der Waals surface area contributed by atoms with Gasteiger partial charge in [0.05, 0.1) is 12.8 Å². The van der Waals surface area contributed by atoms with Crippen molar-refractivity contribution in [2.45, 2.75) is 18.4 Å². The fourth-order valence-electron chi connectivity index (χ4n) is 3.40. The van der Waals surface area contributed by atoms with Crippen LogP contribution in [-0.2, 0) is 4.79 Å². The van der Waals surface area contributed by atoms with E-state index >= 15 is 0 Å². The average molecular weight is 374 g/mol. The minimum atomic E-state index is -0.0673. The maximum absolute atomic E-state index is 12.3. The molecule has 0 bridgehead atoms. The van der Waals surface area contributed by atoms with Crippen molar-refractivity contribution < 1.29 is 9.53 Å². The molecule has 1 aliphatic heterocycles. The predicted molar refractivity (Wildman–Crippen MR) is 105 cm³/mol. The molecule has 1 fully saturated rings. The fourth-order valence-corrected chi connectivity index (χ4v) is 3.57. The molecule has 0 spiro atoms. The summed E-state index contributed by atoms with van der Waals surface area (Å²) >= 11 is 6.00. The number of nitrogens with two attached hydrogens (primary N) is 1. The van der Waals surface area contributed by atoms with Gasteiger partial charge >= 0.3 is 0 Å². The molecule has 3 rings (SSSR count). The maximum Gasteiger partial charge on any atom is 0.225 e. The number of anilines is 1. The first kappa shape index (κ1) is 18.7. The lowest BCUT2D eigenvalue weighted by molar-refractivity contribution is -0.116. The van der Waals surface area contributed by atoms with Crippen molar-refractivity contribution in [3.63, 3.8) is 0 Å². The molecule has 26 heavy (non-hydrogen) atoms. The topological polar surface area (TPSA) is 67.6 Å². The fraction of sp³-hybridized carbons (Fsp3) is 0.350. The lowest BCUT2D eigenvalue weighted by Crippen LogP contribution is -2.30. The van der Waals surface area contributed by atoms with Crippen LogP contribution in [0.2, 0.25) is 5.02 Å². The van der Waals surface area contributed by atoms with E-state index in [9.17, 15) is 4.79 Å². The van der Waals surface area contributed by atoms with Crippen molar-refractivity contribution in [1.82, 2.24) is 4.90 Å². The number of hydrogen-bond donors (Lipinski definition) is 2. The van der Waals surface area contributed by atoms with Crippen molar-refractivity contribution in [1.29, 1.82) is 0 Å². The summed E-state index contributed by atoms with van der Waals surface area (Å²) < 4.78 is 5.26. The summed E-state index contributed by atoms with van der Waals surface area (Å²) in [6, 6.07) is 15.6. The Morgan fingerprint density at radius 2 is 2.04 bits per heavy atom. The summed E-state index contributed by atoms with van der Waals surface area (Å²) in [6.07, 6.45) is 0.393. The van der Waals surface area contributed by atoms with E-state index in [0.717, 1.165) is 13.1 Å².